The maximum atomic E-state index is 12.8. The summed E-state index contributed by atoms with van der Waals surface area (Å²) in [6, 6.07) is 16.6. The summed E-state index contributed by atoms with van der Waals surface area (Å²) in [6.07, 6.45) is 2.52. The van der Waals surface area contributed by atoms with E-state index in [-0.39, 0.29) is 24.3 Å². The number of nitrogens with one attached hydrogen (secondary N) is 2. The van der Waals surface area contributed by atoms with Gasteiger partial charge in [0.15, 0.2) is 0 Å². The summed E-state index contributed by atoms with van der Waals surface area (Å²) in [5.41, 5.74) is 2.51. The van der Waals surface area contributed by atoms with Crippen molar-refractivity contribution in [2.24, 2.45) is 5.92 Å². The maximum Gasteiger partial charge on any atom is 0.251 e. The highest BCUT2D eigenvalue weighted by molar-refractivity contribution is 7.98. The van der Waals surface area contributed by atoms with Gasteiger partial charge in [-0.3, -0.25) is 9.59 Å². The summed E-state index contributed by atoms with van der Waals surface area (Å²) in [4.78, 5) is 26.2. The van der Waals surface area contributed by atoms with E-state index in [2.05, 4.69) is 10.6 Å². The van der Waals surface area contributed by atoms with Crippen LogP contribution in [0.3, 0.4) is 0 Å². The van der Waals surface area contributed by atoms with E-state index in [4.69, 9.17) is 5.26 Å². The molecule has 0 aromatic heterocycles. The number of thioether (sulfide) groups is 1. The largest absolute Gasteiger partial charge is 0.341 e. The molecule has 0 unspecified atom stereocenters. The topological polar surface area (TPSA) is 82.0 Å². The lowest BCUT2D eigenvalue weighted by atomic mass is 10.0. The minimum absolute atomic E-state index is 0.0791. The molecule has 0 aliphatic carbocycles. The first-order valence-corrected chi connectivity index (χ1v) is 10.4. The minimum Gasteiger partial charge on any atom is -0.341 e. The minimum atomic E-state index is -0.678. The lowest BCUT2D eigenvalue weighted by Crippen LogP contribution is -2.47. The lowest BCUT2D eigenvalue weighted by molar-refractivity contribution is -0.123. The van der Waals surface area contributed by atoms with Gasteiger partial charge in [0.2, 0.25) is 5.91 Å². The van der Waals surface area contributed by atoms with Gasteiger partial charge >= 0.3 is 0 Å². The molecule has 2 amide bonds. The maximum absolute atomic E-state index is 12.8. The van der Waals surface area contributed by atoms with Gasteiger partial charge in [0.1, 0.15) is 12.6 Å². The van der Waals surface area contributed by atoms with Crippen LogP contribution in [0.5, 0.6) is 0 Å². The van der Waals surface area contributed by atoms with Gasteiger partial charge < -0.3 is 10.6 Å². The Morgan fingerprint density at radius 3 is 2.57 bits per heavy atom. The Hall–Kier alpha value is -2.78. The van der Waals surface area contributed by atoms with Gasteiger partial charge in [-0.15, -0.1) is 11.8 Å². The van der Waals surface area contributed by atoms with Crippen LogP contribution >= 0.6 is 11.8 Å². The Morgan fingerprint density at radius 2 is 1.89 bits per heavy atom. The fraction of sp³-hybridized carbons (Fsp3) is 0.318. The highest BCUT2D eigenvalue weighted by atomic mass is 32.2. The lowest BCUT2D eigenvalue weighted by Gasteiger charge is -2.20. The van der Waals surface area contributed by atoms with Gasteiger partial charge in [-0.1, -0.05) is 44.2 Å². The first-order valence-electron chi connectivity index (χ1n) is 9.15. The molecule has 0 fully saturated rings. The highest BCUT2D eigenvalue weighted by Gasteiger charge is 2.22. The second-order valence-electron chi connectivity index (χ2n) is 6.81. The van der Waals surface area contributed by atoms with Crippen LogP contribution in [0.4, 0.5) is 0 Å². The highest BCUT2D eigenvalue weighted by Crippen LogP contribution is 2.30. The fourth-order valence-corrected chi connectivity index (χ4v) is 3.53. The Bertz CT molecular complexity index is 874. The molecule has 5 nitrogen and oxygen atoms in total. The third-order valence-electron chi connectivity index (χ3n) is 4.21. The number of nitriles is 1. The van der Waals surface area contributed by atoms with Crippen molar-refractivity contribution in [1.82, 2.24) is 10.6 Å². The van der Waals surface area contributed by atoms with Crippen LogP contribution < -0.4 is 10.6 Å². The average molecular weight is 396 g/mol. The van der Waals surface area contributed by atoms with E-state index in [9.17, 15) is 9.59 Å². The van der Waals surface area contributed by atoms with Crippen LogP contribution in [0.1, 0.15) is 30.6 Å². The van der Waals surface area contributed by atoms with E-state index in [1.165, 1.54) is 0 Å². The number of rotatable bonds is 8. The van der Waals surface area contributed by atoms with E-state index in [0.717, 1.165) is 16.0 Å². The van der Waals surface area contributed by atoms with E-state index in [0.29, 0.717) is 12.0 Å². The van der Waals surface area contributed by atoms with E-state index >= 15 is 0 Å². The van der Waals surface area contributed by atoms with Gasteiger partial charge in [-0.2, -0.15) is 5.26 Å². The molecule has 0 saturated carbocycles. The first-order chi connectivity index (χ1) is 13.5. The zero-order valence-corrected chi connectivity index (χ0v) is 17.2. The molecule has 0 spiro atoms. The Labute approximate surface area is 170 Å². The molecule has 1 atom stereocenters. The second kappa shape index (κ2) is 10.5. The molecule has 146 valence electrons. The molecule has 0 bridgehead atoms. The standard InChI is InChI=1S/C22H25N3O2S/c1-15(2)13-19(22(27)24-12-11-23)25-21(26)17-8-6-7-16(14-17)18-9-4-5-10-20(18)28-3/h4-10,14-15,19H,12-13H2,1-3H3,(H,24,27)(H,25,26)/t19-/m0/s1. The number of benzene rings is 2. The van der Waals surface area contributed by atoms with Crippen molar-refractivity contribution in [3.8, 4) is 17.2 Å². The predicted octanol–water partition coefficient (Wildman–Crippen LogP) is 3.86. The quantitative estimate of drug-likeness (QED) is 0.525. The zero-order valence-electron chi connectivity index (χ0n) is 16.4. The summed E-state index contributed by atoms with van der Waals surface area (Å²) in [7, 11) is 0. The summed E-state index contributed by atoms with van der Waals surface area (Å²) < 4.78 is 0. The monoisotopic (exact) mass is 395 g/mol. The number of carbonyl (C=O) groups excluding carboxylic acids is 2. The van der Waals surface area contributed by atoms with Crippen molar-refractivity contribution in [2.75, 3.05) is 12.8 Å². The van der Waals surface area contributed by atoms with Gasteiger partial charge in [0.25, 0.3) is 5.91 Å². The Kier molecular flexibility index (Phi) is 8.09. The molecule has 2 aromatic rings. The molecule has 0 aliphatic heterocycles. The van der Waals surface area contributed by atoms with Crippen molar-refractivity contribution in [3.05, 3.63) is 54.1 Å². The molecule has 0 heterocycles. The molecule has 2 N–H and O–H groups in total. The predicted molar refractivity (Wildman–Crippen MR) is 113 cm³/mol. The smallest absolute Gasteiger partial charge is 0.251 e. The van der Waals surface area contributed by atoms with Gasteiger partial charge in [0.05, 0.1) is 6.07 Å². The number of nitrogens with zero attached hydrogens (tertiary/aromatic N) is 1. The van der Waals surface area contributed by atoms with Crippen molar-refractivity contribution in [3.63, 3.8) is 0 Å². The Balaban J connectivity index is 2.23. The second-order valence-corrected chi connectivity index (χ2v) is 7.66. The number of hydrogen-bond donors (Lipinski definition) is 2. The van der Waals surface area contributed by atoms with Crippen molar-refractivity contribution in [1.29, 1.82) is 5.26 Å². The van der Waals surface area contributed by atoms with Crippen LogP contribution in [-0.4, -0.2) is 30.7 Å². The normalized spacial score (nSPS) is 11.5. The third-order valence-corrected chi connectivity index (χ3v) is 5.01. The molecule has 2 rings (SSSR count). The SMILES string of the molecule is CSc1ccccc1-c1cccc(C(=O)N[C@@H](CC(C)C)C(=O)NCC#N)c1. The molecule has 0 aliphatic rings. The fourth-order valence-electron chi connectivity index (χ4n) is 2.91. The van der Waals surface area contributed by atoms with Crippen molar-refractivity contribution < 1.29 is 9.59 Å². The van der Waals surface area contributed by atoms with Crippen molar-refractivity contribution in [2.45, 2.75) is 31.2 Å². The summed E-state index contributed by atoms with van der Waals surface area (Å²) in [5, 5.41) is 14.0. The summed E-state index contributed by atoms with van der Waals surface area (Å²) in [5.74, 6) is -0.424. The molecular weight excluding hydrogens is 370 g/mol. The first kappa shape index (κ1) is 21.5. The van der Waals surface area contributed by atoms with Crippen LogP contribution in [0.25, 0.3) is 11.1 Å². The van der Waals surface area contributed by atoms with E-state index in [1.54, 1.807) is 17.8 Å². The number of carbonyl (C=O) groups is 2. The molecule has 2 aromatic carbocycles. The zero-order chi connectivity index (χ0) is 20.5. The number of amides is 2. The van der Waals surface area contributed by atoms with E-state index in [1.807, 2.05) is 68.6 Å². The van der Waals surface area contributed by atoms with Crippen molar-refractivity contribution >= 4 is 23.6 Å². The summed E-state index contributed by atoms with van der Waals surface area (Å²) >= 11 is 1.65. The average Bonchev–Trinajstić information content (AvgIpc) is 2.71. The van der Waals surface area contributed by atoms with Gasteiger partial charge in [-0.25, -0.2) is 0 Å². The third kappa shape index (κ3) is 5.86. The molecular formula is C22H25N3O2S. The van der Waals surface area contributed by atoms with E-state index < -0.39 is 6.04 Å². The van der Waals surface area contributed by atoms with Gasteiger partial charge in [0, 0.05) is 10.5 Å². The molecule has 0 saturated heterocycles. The Morgan fingerprint density at radius 1 is 1.14 bits per heavy atom. The van der Waals surface area contributed by atoms with Crippen LogP contribution in [-0.2, 0) is 4.79 Å². The van der Waals surface area contributed by atoms with Gasteiger partial charge in [-0.05, 0) is 47.9 Å². The molecule has 6 heteroatoms. The van der Waals surface area contributed by atoms with Crippen LogP contribution in [0.15, 0.2) is 53.4 Å². The summed E-state index contributed by atoms with van der Waals surface area (Å²) in [6.45, 7) is 3.89. The van der Waals surface area contributed by atoms with Crippen LogP contribution in [0, 0.1) is 17.2 Å². The van der Waals surface area contributed by atoms with Crippen LogP contribution in [0.2, 0.25) is 0 Å². The molecule has 0 radical (unpaired) electrons. The molecule has 28 heavy (non-hydrogen) atoms. The number of hydrogen-bond acceptors (Lipinski definition) is 4.